The maximum absolute atomic E-state index is 11.9. The number of carbonyl (C=O) groups excluding carboxylic acids is 2. The van der Waals surface area contributed by atoms with Crippen LogP contribution in [0.2, 0.25) is 0 Å². The minimum Gasteiger partial charge on any atom is -0.360 e. The molecule has 3 rings (SSSR count). The molecule has 1 aromatic rings. The fraction of sp³-hybridized carbons (Fsp3) is 0.429. The maximum Gasteiger partial charge on any atom is 0.246 e. The quantitative estimate of drug-likeness (QED) is 0.737. The molecule has 20 heavy (non-hydrogen) atoms. The number of carbonyl (C=O) groups is 2. The summed E-state index contributed by atoms with van der Waals surface area (Å²) in [6, 6.07) is 5.61. The average Bonchev–Trinajstić information content (AvgIpc) is 2.75. The van der Waals surface area contributed by atoms with Gasteiger partial charge in [-0.05, 0) is 18.7 Å². The molecule has 6 heteroatoms. The molecule has 2 aliphatic heterocycles. The third-order valence-corrected chi connectivity index (χ3v) is 3.68. The Balaban J connectivity index is 1.85. The van der Waals surface area contributed by atoms with E-state index in [4.69, 9.17) is 0 Å². The van der Waals surface area contributed by atoms with Gasteiger partial charge >= 0.3 is 0 Å². The van der Waals surface area contributed by atoms with Crippen LogP contribution in [0.3, 0.4) is 0 Å². The Labute approximate surface area is 117 Å². The van der Waals surface area contributed by atoms with Gasteiger partial charge in [-0.1, -0.05) is 13.0 Å². The highest BCUT2D eigenvalue weighted by molar-refractivity contribution is 6.03. The van der Waals surface area contributed by atoms with Gasteiger partial charge in [0.05, 0.1) is 6.54 Å². The number of amides is 2. The van der Waals surface area contributed by atoms with E-state index in [1.807, 2.05) is 30.0 Å². The number of benzene rings is 1. The van der Waals surface area contributed by atoms with Gasteiger partial charge in [0.1, 0.15) is 6.04 Å². The largest absolute Gasteiger partial charge is 0.360 e. The smallest absolute Gasteiger partial charge is 0.246 e. The Morgan fingerprint density at radius 2 is 2.25 bits per heavy atom. The number of rotatable bonds is 3. The molecule has 2 heterocycles. The minimum atomic E-state index is -0.270. The summed E-state index contributed by atoms with van der Waals surface area (Å²) in [5.41, 5.74) is 2.78. The van der Waals surface area contributed by atoms with Gasteiger partial charge in [0.25, 0.3) is 0 Å². The van der Waals surface area contributed by atoms with Crippen LogP contribution in [0.1, 0.15) is 18.5 Å². The van der Waals surface area contributed by atoms with Gasteiger partial charge in [0, 0.05) is 30.0 Å². The Morgan fingerprint density at radius 1 is 1.40 bits per heavy atom. The van der Waals surface area contributed by atoms with Crippen molar-refractivity contribution in [1.29, 1.82) is 0 Å². The van der Waals surface area contributed by atoms with Crippen molar-refractivity contribution in [1.82, 2.24) is 10.6 Å². The van der Waals surface area contributed by atoms with E-state index in [1.54, 1.807) is 0 Å². The van der Waals surface area contributed by atoms with Crippen LogP contribution < -0.4 is 20.9 Å². The number of likely N-dealkylation sites (N-methyl/N-ethyl adjacent to an activating group) is 1. The monoisotopic (exact) mass is 274 g/mol. The molecule has 1 saturated heterocycles. The molecule has 6 nitrogen and oxygen atoms in total. The molecule has 1 unspecified atom stereocenters. The molecule has 0 spiro atoms. The Kier molecular flexibility index (Phi) is 3.31. The van der Waals surface area contributed by atoms with Crippen molar-refractivity contribution in [2.75, 3.05) is 36.4 Å². The normalized spacial score (nSPS) is 21.4. The molecule has 0 saturated carbocycles. The van der Waals surface area contributed by atoms with E-state index in [2.05, 4.69) is 16.0 Å². The van der Waals surface area contributed by atoms with Crippen molar-refractivity contribution in [3.05, 3.63) is 23.8 Å². The summed E-state index contributed by atoms with van der Waals surface area (Å²) in [5, 5.41) is 8.87. The van der Waals surface area contributed by atoms with E-state index in [0.717, 1.165) is 30.0 Å². The number of hydrogen-bond acceptors (Lipinski definition) is 4. The zero-order valence-electron chi connectivity index (χ0n) is 11.4. The second kappa shape index (κ2) is 5.13. The van der Waals surface area contributed by atoms with Crippen molar-refractivity contribution < 1.29 is 9.59 Å². The van der Waals surface area contributed by atoms with Crippen LogP contribution in [0.25, 0.3) is 0 Å². The summed E-state index contributed by atoms with van der Waals surface area (Å²) < 4.78 is 0. The Hall–Kier alpha value is -2.08. The van der Waals surface area contributed by atoms with Crippen molar-refractivity contribution >= 4 is 23.2 Å². The van der Waals surface area contributed by atoms with Crippen molar-refractivity contribution in [2.45, 2.75) is 13.0 Å². The van der Waals surface area contributed by atoms with Crippen LogP contribution in [0.5, 0.6) is 0 Å². The van der Waals surface area contributed by atoms with Gasteiger partial charge in [-0.2, -0.15) is 0 Å². The van der Waals surface area contributed by atoms with Crippen molar-refractivity contribution in [3.8, 4) is 0 Å². The SMILES string of the molecule is CCNC1C(=O)Nc2cc(N3CCNC(=O)C3)ccc21. The maximum atomic E-state index is 11.9. The van der Waals surface area contributed by atoms with Crippen LogP contribution in [-0.2, 0) is 9.59 Å². The molecule has 106 valence electrons. The number of fused-ring (bicyclic) bond motifs is 1. The zero-order chi connectivity index (χ0) is 14.1. The number of anilines is 2. The van der Waals surface area contributed by atoms with Gasteiger partial charge in [0.15, 0.2) is 0 Å². The molecule has 1 aromatic carbocycles. The second-order valence-corrected chi connectivity index (χ2v) is 5.02. The van der Waals surface area contributed by atoms with E-state index in [-0.39, 0.29) is 17.9 Å². The van der Waals surface area contributed by atoms with Crippen LogP contribution >= 0.6 is 0 Å². The Bertz CT molecular complexity index is 558. The van der Waals surface area contributed by atoms with E-state index in [1.165, 1.54) is 0 Å². The third kappa shape index (κ3) is 2.22. The summed E-state index contributed by atoms with van der Waals surface area (Å²) in [4.78, 5) is 25.4. The number of nitrogens with one attached hydrogen (secondary N) is 3. The third-order valence-electron chi connectivity index (χ3n) is 3.68. The predicted octanol–water partition coefficient (Wildman–Crippen LogP) is 0.226. The first kappa shape index (κ1) is 12.9. The fourth-order valence-electron chi connectivity index (χ4n) is 2.71. The van der Waals surface area contributed by atoms with Crippen molar-refractivity contribution in [2.24, 2.45) is 0 Å². The second-order valence-electron chi connectivity index (χ2n) is 5.02. The first-order valence-corrected chi connectivity index (χ1v) is 6.89. The summed E-state index contributed by atoms with van der Waals surface area (Å²) >= 11 is 0. The number of piperazine rings is 1. The van der Waals surface area contributed by atoms with Gasteiger partial charge in [-0.25, -0.2) is 0 Å². The molecular weight excluding hydrogens is 256 g/mol. The Morgan fingerprint density at radius 3 is 3.00 bits per heavy atom. The lowest BCUT2D eigenvalue weighted by molar-refractivity contribution is -0.120. The molecule has 0 aromatic heterocycles. The van der Waals surface area contributed by atoms with Crippen molar-refractivity contribution in [3.63, 3.8) is 0 Å². The summed E-state index contributed by atoms with van der Waals surface area (Å²) in [6.45, 7) is 4.53. The zero-order valence-corrected chi connectivity index (χ0v) is 11.4. The highest BCUT2D eigenvalue weighted by Crippen LogP contribution is 2.34. The molecule has 0 bridgehead atoms. The minimum absolute atomic E-state index is 0.0182. The first-order valence-electron chi connectivity index (χ1n) is 6.89. The van der Waals surface area contributed by atoms with Gasteiger partial charge in [-0.15, -0.1) is 0 Å². The fourth-order valence-corrected chi connectivity index (χ4v) is 2.71. The average molecular weight is 274 g/mol. The van der Waals surface area contributed by atoms with Gasteiger partial charge in [0.2, 0.25) is 11.8 Å². The van der Waals surface area contributed by atoms with Crippen LogP contribution in [0.4, 0.5) is 11.4 Å². The lowest BCUT2D eigenvalue weighted by Crippen LogP contribution is -2.47. The predicted molar refractivity (Wildman–Crippen MR) is 76.7 cm³/mol. The topological polar surface area (TPSA) is 73.5 Å². The summed E-state index contributed by atoms with van der Waals surface area (Å²) in [5.74, 6) is 0.0155. The summed E-state index contributed by atoms with van der Waals surface area (Å²) in [6.07, 6.45) is 0. The standard InChI is InChI=1S/C14H18N4O2/c1-2-15-13-10-4-3-9(7-11(10)17-14(13)20)18-6-5-16-12(19)8-18/h3-4,7,13,15H,2,5-6,8H2,1H3,(H,16,19)(H,17,20). The molecule has 0 radical (unpaired) electrons. The number of nitrogens with zero attached hydrogens (tertiary/aromatic N) is 1. The number of hydrogen-bond donors (Lipinski definition) is 3. The molecular formula is C14H18N4O2. The molecule has 0 aliphatic carbocycles. The van der Waals surface area contributed by atoms with E-state index >= 15 is 0 Å². The summed E-state index contributed by atoms with van der Waals surface area (Å²) in [7, 11) is 0. The van der Waals surface area contributed by atoms with Crippen LogP contribution in [-0.4, -0.2) is 38.0 Å². The van der Waals surface area contributed by atoms with E-state index in [0.29, 0.717) is 13.1 Å². The lowest BCUT2D eigenvalue weighted by Gasteiger charge is -2.29. The van der Waals surface area contributed by atoms with Gasteiger partial charge in [-0.3, -0.25) is 9.59 Å². The van der Waals surface area contributed by atoms with Crippen LogP contribution in [0.15, 0.2) is 18.2 Å². The molecule has 2 amide bonds. The van der Waals surface area contributed by atoms with Crippen LogP contribution in [0, 0.1) is 0 Å². The molecule has 1 atom stereocenters. The highest BCUT2D eigenvalue weighted by atomic mass is 16.2. The van der Waals surface area contributed by atoms with E-state index < -0.39 is 0 Å². The molecule has 2 aliphatic rings. The lowest BCUT2D eigenvalue weighted by atomic mass is 10.1. The molecule has 1 fully saturated rings. The van der Waals surface area contributed by atoms with E-state index in [9.17, 15) is 9.59 Å². The highest BCUT2D eigenvalue weighted by Gasteiger charge is 2.30. The van der Waals surface area contributed by atoms with Gasteiger partial charge < -0.3 is 20.9 Å². The molecule has 3 N–H and O–H groups in total. The first-order chi connectivity index (χ1) is 9.69.